The number of carbonyl (C=O) groups excluding carboxylic acids is 1. The highest BCUT2D eigenvalue weighted by Gasteiger charge is 2.46. The monoisotopic (exact) mass is 435 g/mol. The summed E-state index contributed by atoms with van der Waals surface area (Å²) < 4.78 is 14.3. The van der Waals surface area contributed by atoms with Gasteiger partial charge in [-0.3, -0.25) is 9.80 Å². The number of hydrogen-bond acceptors (Lipinski definition) is 2. The number of benzene rings is 2. The molecule has 32 heavy (non-hydrogen) atoms. The Balaban J connectivity index is 1.30. The number of halogens is 1. The van der Waals surface area contributed by atoms with Gasteiger partial charge >= 0.3 is 6.03 Å². The zero-order valence-electron chi connectivity index (χ0n) is 19.1. The zero-order chi connectivity index (χ0) is 22.1. The van der Waals surface area contributed by atoms with Crippen molar-refractivity contribution in [2.24, 2.45) is 0 Å². The lowest BCUT2D eigenvalue weighted by Crippen LogP contribution is -2.49. The van der Waals surface area contributed by atoms with Crippen molar-refractivity contribution in [1.82, 2.24) is 10.2 Å². The second kappa shape index (κ2) is 8.86. The lowest BCUT2D eigenvalue weighted by molar-refractivity contribution is 0.159. The van der Waals surface area contributed by atoms with Gasteiger partial charge in [0.1, 0.15) is 5.82 Å². The molecule has 0 radical (unpaired) electrons. The molecule has 2 aromatic carbocycles. The number of amides is 2. The summed E-state index contributed by atoms with van der Waals surface area (Å²) in [7, 11) is 0. The molecule has 0 unspecified atom stereocenters. The molecule has 1 saturated carbocycles. The van der Waals surface area contributed by atoms with Gasteiger partial charge in [-0.15, -0.1) is 0 Å². The van der Waals surface area contributed by atoms with E-state index in [1.165, 1.54) is 36.5 Å². The van der Waals surface area contributed by atoms with E-state index in [0.717, 1.165) is 56.6 Å². The topological polar surface area (TPSA) is 35.6 Å². The van der Waals surface area contributed by atoms with E-state index in [1.807, 2.05) is 4.90 Å². The Morgan fingerprint density at radius 3 is 2.50 bits per heavy atom. The van der Waals surface area contributed by atoms with Crippen LogP contribution in [0.3, 0.4) is 0 Å². The van der Waals surface area contributed by atoms with Crippen LogP contribution < -0.4 is 10.2 Å². The largest absolute Gasteiger partial charge is 0.335 e. The number of nitrogens with one attached hydrogen (secondary N) is 1. The second-order valence-corrected chi connectivity index (χ2v) is 10.1. The number of rotatable bonds is 3. The van der Waals surface area contributed by atoms with Gasteiger partial charge in [0, 0.05) is 30.2 Å². The average Bonchev–Trinajstić information content (AvgIpc) is 3.11. The van der Waals surface area contributed by atoms with Crippen LogP contribution in [0.25, 0.3) is 0 Å². The number of nitrogens with zero attached hydrogens (tertiary/aromatic N) is 2. The summed E-state index contributed by atoms with van der Waals surface area (Å²) in [6.45, 7) is 5.63. The first-order valence-electron chi connectivity index (χ1n) is 12.2. The van der Waals surface area contributed by atoms with Crippen molar-refractivity contribution in [3.05, 3.63) is 65.0 Å². The van der Waals surface area contributed by atoms with Crippen molar-refractivity contribution >= 4 is 11.7 Å². The van der Waals surface area contributed by atoms with Crippen molar-refractivity contribution in [2.45, 2.75) is 69.9 Å². The molecule has 4 nitrogen and oxygen atoms in total. The molecule has 2 aromatic rings. The molecule has 1 spiro atoms. The number of fused-ring (bicyclic) bond motifs is 2. The number of carbonyl (C=O) groups is 1. The molecule has 5 heteroatoms. The van der Waals surface area contributed by atoms with Crippen LogP contribution in [0.5, 0.6) is 0 Å². The summed E-state index contributed by atoms with van der Waals surface area (Å²) >= 11 is 0. The maximum atomic E-state index is 14.3. The molecule has 0 bridgehead atoms. The van der Waals surface area contributed by atoms with Crippen molar-refractivity contribution in [3.63, 3.8) is 0 Å². The summed E-state index contributed by atoms with van der Waals surface area (Å²) in [5.41, 5.74) is 4.38. The van der Waals surface area contributed by atoms with E-state index in [1.54, 1.807) is 12.1 Å². The highest BCUT2D eigenvalue weighted by Crippen LogP contribution is 2.47. The van der Waals surface area contributed by atoms with E-state index < -0.39 is 0 Å². The van der Waals surface area contributed by atoms with Gasteiger partial charge in [-0.25, -0.2) is 9.18 Å². The third-order valence-corrected chi connectivity index (χ3v) is 7.80. The third-order valence-electron chi connectivity index (χ3n) is 7.80. The molecule has 2 heterocycles. The minimum absolute atomic E-state index is 0.0104. The van der Waals surface area contributed by atoms with E-state index in [4.69, 9.17) is 0 Å². The molecule has 1 N–H and O–H groups in total. The van der Waals surface area contributed by atoms with Gasteiger partial charge < -0.3 is 5.32 Å². The summed E-state index contributed by atoms with van der Waals surface area (Å²) in [6, 6.07) is 14.0. The Kier molecular flexibility index (Phi) is 5.93. The Morgan fingerprint density at radius 1 is 1.06 bits per heavy atom. The standard InChI is InChI=1S/C27H34FN3O/c1-20-7-9-21(10-8-20)18-30-15-13-27(14-16-30)19-31(25-12-11-22(28)17-24(25)27)26(32)29-23-5-3-2-4-6-23/h7-12,17,23H,2-6,13-16,18-19H2,1H3,(H,29,32). The predicted molar refractivity (Wildman–Crippen MR) is 127 cm³/mol. The quantitative estimate of drug-likeness (QED) is 0.688. The maximum absolute atomic E-state index is 14.3. The number of urea groups is 1. The van der Waals surface area contributed by atoms with Gasteiger partial charge in [-0.05, 0) is 75.0 Å². The van der Waals surface area contributed by atoms with Crippen LogP contribution in [0, 0.1) is 12.7 Å². The van der Waals surface area contributed by atoms with E-state index >= 15 is 0 Å². The number of aryl methyl sites for hydroxylation is 1. The van der Waals surface area contributed by atoms with Gasteiger partial charge in [0.25, 0.3) is 0 Å². The van der Waals surface area contributed by atoms with Crippen LogP contribution in [0.1, 0.15) is 61.6 Å². The van der Waals surface area contributed by atoms with Crippen molar-refractivity contribution < 1.29 is 9.18 Å². The van der Waals surface area contributed by atoms with E-state index in [2.05, 4.69) is 41.4 Å². The van der Waals surface area contributed by atoms with Crippen LogP contribution in [0.15, 0.2) is 42.5 Å². The SMILES string of the molecule is Cc1ccc(CN2CCC3(CC2)CN(C(=O)NC2CCCCC2)c2ccc(F)cc23)cc1. The Morgan fingerprint density at radius 2 is 1.78 bits per heavy atom. The van der Waals surface area contributed by atoms with E-state index in [9.17, 15) is 9.18 Å². The van der Waals surface area contributed by atoms with Crippen LogP contribution >= 0.6 is 0 Å². The summed E-state index contributed by atoms with van der Waals surface area (Å²) in [5, 5.41) is 3.27. The van der Waals surface area contributed by atoms with Gasteiger partial charge in [0.15, 0.2) is 0 Å². The lowest BCUT2D eigenvalue weighted by atomic mass is 9.74. The number of likely N-dealkylation sites (tertiary alicyclic amines) is 1. The Bertz CT molecular complexity index is 959. The highest BCUT2D eigenvalue weighted by molar-refractivity contribution is 5.95. The summed E-state index contributed by atoms with van der Waals surface area (Å²) in [5.74, 6) is -0.209. The molecule has 0 atom stereocenters. The fraction of sp³-hybridized carbons (Fsp3) is 0.519. The zero-order valence-corrected chi connectivity index (χ0v) is 19.1. The van der Waals surface area contributed by atoms with E-state index in [-0.39, 0.29) is 23.3 Å². The second-order valence-electron chi connectivity index (χ2n) is 10.1. The lowest BCUT2D eigenvalue weighted by Gasteiger charge is -2.40. The smallest absolute Gasteiger partial charge is 0.322 e. The normalized spacial score (nSPS) is 21.0. The molecule has 3 aliphatic rings. The Hall–Kier alpha value is -2.40. The minimum atomic E-state index is -0.209. The molecule has 2 amide bonds. The molecule has 1 saturated heterocycles. The van der Waals surface area contributed by atoms with Crippen molar-refractivity contribution in [1.29, 1.82) is 0 Å². The summed E-state index contributed by atoms with van der Waals surface area (Å²) in [6.07, 6.45) is 7.66. The predicted octanol–water partition coefficient (Wildman–Crippen LogP) is 5.53. The maximum Gasteiger partial charge on any atom is 0.322 e. The van der Waals surface area contributed by atoms with Crippen LogP contribution in [0.2, 0.25) is 0 Å². The van der Waals surface area contributed by atoms with Gasteiger partial charge in [-0.2, -0.15) is 0 Å². The molecule has 5 rings (SSSR count). The molecule has 2 aliphatic heterocycles. The molecule has 0 aromatic heterocycles. The minimum Gasteiger partial charge on any atom is -0.335 e. The average molecular weight is 436 g/mol. The number of piperidine rings is 1. The number of anilines is 1. The van der Waals surface area contributed by atoms with E-state index in [0.29, 0.717) is 6.54 Å². The number of hydrogen-bond donors (Lipinski definition) is 1. The molecule has 1 aliphatic carbocycles. The molecular formula is C27H34FN3O. The fourth-order valence-electron chi connectivity index (χ4n) is 5.84. The third kappa shape index (κ3) is 4.27. The van der Waals surface area contributed by atoms with Gasteiger partial charge in [-0.1, -0.05) is 49.1 Å². The molecular weight excluding hydrogens is 401 g/mol. The highest BCUT2D eigenvalue weighted by atomic mass is 19.1. The summed E-state index contributed by atoms with van der Waals surface area (Å²) in [4.78, 5) is 17.6. The molecule has 170 valence electrons. The molecule has 2 fully saturated rings. The van der Waals surface area contributed by atoms with Crippen molar-refractivity contribution in [3.8, 4) is 0 Å². The van der Waals surface area contributed by atoms with Gasteiger partial charge in [0.2, 0.25) is 0 Å². The van der Waals surface area contributed by atoms with Crippen LogP contribution in [0.4, 0.5) is 14.9 Å². The van der Waals surface area contributed by atoms with Gasteiger partial charge in [0.05, 0.1) is 0 Å². The van der Waals surface area contributed by atoms with Crippen LogP contribution in [-0.4, -0.2) is 36.6 Å². The first-order valence-corrected chi connectivity index (χ1v) is 12.2. The van der Waals surface area contributed by atoms with Crippen LogP contribution in [-0.2, 0) is 12.0 Å². The first-order chi connectivity index (χ1) is 15.5. The first kappa shape index (κ1) is 21.4. The fourth-order valence-corrected chi connectivity index (χ4v) is 5.84. The Labute approximate surface area is 190 Å². The van der Waals surface area contributed by atoms with Crippen molar-refractivity contribution in [2.75, 3.05) is 24.5 Å².